The maximum atomic E-state index is 4.58. The van der Waals surface area contributed by atoms with Crippen LogP contribution < -0.4 is 4.90 Å². The van der Waals surface area contributed by atoms with Crippen LogP contribution >= 0.6 is 11.3 Å². The zero-order chi connectivity index (χ0) is 12.8. The van der Waals surface area contributed by atoms with Crippen molar-refractivity contribution < 1.29 is 0 Å². The molecule has 2 saturated heterocycles. The first-order valence-corrected chi connectivity index (χ1v) is 7.84. The fraction of sp³-hybridized carbons (Fsp3) is 0.571. The second-order valence-electron chi connectivity index (χ2n) is 5.70. The smallest absolute Gasteiger partial charge is 0.141 e. The molecule has 0 amide bonds. The van der Waals surface area contributed by atoms with E-state index in [-0.39, 0.29) is 0 Å². The molecule has 4 heterocycles. The predicted molar refractivity (Wildman–Crippen MR) is 78.8 cm³/mol. The summed E-state index contributed by atoms with van der Waals surface area (Å²) in [7, 11) is 2.23. The van der Waals surface area contributed by atoms with Gasteiger partial charge in [0.05, 0.1) is 5.39 Å². The number of anilines is 1. The molecule has 0 radical (unpaired) electrons. The third-order valence-electron chi connectivity index (χ3n) is 4.58. The summed E-state index contributed by atoms with van der Waals surface area (Å²) in [6.07, 6.45) is 4.36. The molecule has 2 atom stereocenters. The quantitative estimate of drug-likeness (QED) is 0.798. The molecule has 2 aliphatic heterocycles. The topological polar surface area (TPSA) is 32.3 Å². The number of likely N-dealkylation sites (tertiary alicyclic amines) is 1. The molecule has 2 aromatic heterocycles. The average Bonchev–Trinajstić information content (AvgIpc) is 3.03. The molecular formula is C14H18N4S. The number of aromatic nitrogens is 2. The summed E-state index contributed by atoms with van der Waals surface area (Å²) in [5, 5.41) is 3.34. The molecule has 0 bridgehead atoms. The van der Waals surface area contributed by atoms with Gasteiger partial charge < -0.3 is 9.80 Å². The van der Waals surface area contributed by atoms with Crippen molar-refractivity contribution in [3.8, 4) is 0 Å². The van der Waals surface area contributed by atoms with Crippen molar-refractivity contribution in [1.29, 1.82) is 0 Å². The zero-order valence-corrected chi connectivity index (χ0v) is 11.9. The lowest BCUT2D eigenvalue weighted by Gasteiger charge is -2.37. The Kier molecular flexibility index (Phi) is 2.70. The van der Waals surface area contributed by atoms with Crippen molar-refractivity contribution in [2.75, 3.05) is 31.6 Å². The summed E-state index contributed by atoms with van der Waals surface area (Å²) in [6, 6.07) is 2.80. The van der Waals surface area contributed by atoms with Crippen molar-refractivity contribution in [3.63, 3.8) is 0 Å². The Morgan fingerprint density at radius 3 is 3.11 bits per heavy atom. The van der Waals surface area contributed by atoms with Gasteiger partial charge in [0, 0.05) is 19.1 Å². The van der Waals surface area contributed by atoms with Crippen molar-refractivity contribution in [2.24, 2.45) is 5.92 Å². The molecule has 2 aromatic rings. The van der Waals surface area contributed by atoms with Gasteiger partial charge in [0.15, 0.2) is 0 Å². The fourth-order valence-electron chi connectivity index (χ4n) is 3.57. The van der Waals surface area contributed by atoms with Crippen LogP contribution in [0.15, 0.2) is 17.8 Å². The van der Waals surface area contributed by atoms with Crippen LogP contribution in [0.3, 0.4) is 0 Å². The molecule has 0 N–H and O–H groups in total. The number of rotatable bonds is 1. The van der Waals surface area contributed by atoms with Crippen LogP contribution in [-0.4, -0.2) is 47.6 Å². The van der Waals surface area contributed by atoms with Crippen molar-refractivity contribution in [1.82, 2.24) is 14.9 Å². The SMILES string of the molecule is CN1CC[C@@H]2CCN(c3ncnc4sccc34)[C@H]2C1. The molecule has 0 unspecified atom stereocenters. The van der Waals surface area contributed by atoms with Gasteiger partial charge >= 0.3 is 0 Å². The summed E-state index contributed by atoms with van der Waals surface area (Å²) in [4.78, 5) is 15.0. The first kappa shape index (κ1) is 11.6. The standard InChI is InChI=1S/C14H18N4S/c1-17-5-2-10-3-6-18(12(10)8-17)13-11-4-7-19-14(11)16-9-15-13/h4,7,9-10,12H,2-3,5-6,8H2,1H3/t10-,12+/m1/s1. The van der Waals surface area contributed by atoms with Crippen LogP contribution in [-0.2, 0) is 0 Å². The lowest BCUT2D eigenvalue weighted by molar-refractivity contribution is 0.208. The lowest BCUT2D eigenvalue weighted by atomic mass is 9.92. The van der Waals surface area contributed by atoms with Crippen LogP contribution in [0.1, 0.15) is 12.8 Å². The van der Waals surface area contributed by atoms with E-state index in [1.54, 1.807) is 17.7 Å². The number of likely N-dealkylation sites (N-methyl/N-ethyl adjacent to an activating group) is 1. The Labute approximate surface area is 117 Å². The van der Waals surface area contributed by atoms with Crippen LogP contribution in [0.5, 0.6) is 0 Å². The molecule has 2 aliphatic rings. The lowest BCUT2D eigenvalue weighted by Crippen LogP contribution is -2.47. The van der Waals surface area contributed by atoms with Crippen LogP contribution in [0.2, 0.25) is 0 Å². The second-order valence-corrected chi connectivity index (χ2v) is 6.59. The molecule has 4 nitrogen and oxygen atoms in total. The molecule has 2 fully saturated rings. The van der Waals surface area contributed by atoms with E-state index in [0.717, 1.165) is 23.1 Å². The molecule has 100 valence electrons. The molecule has 19 heavy (non-hydrogen) atoms. The Balaban J connectivity index is 1.74. The van der Waals surface area contributed by atoms with E-state index >= 15 is 0 Å². The largest absolute Gasteiger partial charge is 0.351 e. The van der Waals surface area contributed by atoms with Gasteiger partial charge in [-0.15, -0.1) is 11.3 Å². The highest BCUT2D eigenvalue weighted by atomic mass is 32.1. The number of piperidine rings is 1. The van der Waals surface area contributed by atoms with E-state index in [1.165, 1.54) is 31.3 Å². The summed E-state index contributed by atoms with van der Waals surface area (Å²) in [5.74, 6) is 1.99. The molecule has 5 heteroatoms. The van der Waals surface area contributed by atoms with E-state index in [2.05, 4.69) is 38.3 Å². The molecule has 0 saturated carbocycles. The minimum Gasteiger partial charge on any atom is -0.351 e. The number of fused-ring (bicyclic) bond motifs is 2. The maximum Gasteiger partial charge on any atom is 0.141 e. The average molecular weight is 274 g/mol. The van der Waals surface area contributed by atoms with Crippen LogP contribution in [0.4, 0.5) is 5.82 Å². The first-order chi connectivity index (χ1) is 9.33. The van der Waals surface area contributed by atoms with E-state index < -0.39 is 0 Å². The molecule has 0 aliphatic carbocycles. The zero-order valence-electron chi connectivity index (χ0n) is 11.1. The van der Waals surface area contributed by atoms with E-state index in [1.807, 2.05) is 0 Å². The normalized spacial score (nSPS) is 27.9. The number of thiophene rings is 1. The van der Waals surface area contributed by atoms with Gasteiger partial charge in [-0.2, -0.15) is 0 Å². The minimum atomic E-state index is 0.636. The van der Waals surface area contributed by atoms with Gasteiger partial charge in [-0.1, -0.05) is 0 Å². The molecule has 0 aromatic carbocycles. The van der Waals surface area contributed by atoms with E-state index in [9.17, 15) is 0 Å². The summed E-state index contributed by atoms with van der Waals surface area (Å²) >= 11 is 1.70. The highest BCUT2D eigenvalue weighted by molar-refractivity contribution is 7.16. The highest BCUT2D eigenvalue weighted by Crippen LogP contribution is 2.37. The monoisotopic (exact) mass is 274 g/mol. The first-order valence-electron chi connectivity index (χ1n) is 6.96. The minimum absolute atomic E-state index is 0.636. The molecular weight excluding hydrogens is 256 g/mol. The molecule has 0 spiro atoms. The van der Waals surface area contributed by atoms with Gasteiger partial charge in [0.1, 0.15) is 17.0 Å². The Morgan fingerprint density at radius 1 is 1.26 bits per heavy atom. The number of hydrogen-bond acceptors (Lipinski definition) is 5. The molecule has 4 rings (SSSR count). The van der Waals surface area contributed by atoms with Gasteiger partial charge in [-0.05, 0) is 43.8 Å². The van der Waals surface area contributed by atoms with Crippen molar-refractivity contribution >= 4 is 27.4 Å². The predicted octanol–water partition coefficient (Wildman–Crippen LogP) is 2.22. The Bertz CT molecular complexity index is 596. The van der Waals surface area contributed by atoms with Gasteiger partial charge in [-0.3, -0.25) is 0 Å². The van der Waals surface area contributed by atoms with Crippen molar-refractivity contribution in [2.45, 2.75) is 18.9 Å². The second kappa shape index (κ2) is 4.42. The van der Waals surface area contributed by atoms with Crippen molar-refractivity contribution in [3.05, 3.63) is 17.8 Å². The van der Waals surface area contributed by atoms with Gasteiger partial charge in [-0.25, -0.2) is 9.97 Å². The van der Waals surface area contributed by atoms with Gasteiger partial charge in [0.25, 0.3) is 0 Å². The van der Waals surface area contributed by atoms with Crippen LogP contribution in [0, 0.1) is 5.92 Å². The van der Waals surface area contributed by atoms with Gasteiger partial charge in [0.2, 0.25) is 0 Å². The van der Waals surface area contributed by atoms with Crippen LogP contribution in [0.25, 0.3) is 10.2 Å². The summed E-state index contributed by atoms with van der Waals surface area (Å²) in [5.41, 5.74) is 0. The van der Waals surface area contributed by atoms with E-state index in [0.29, 0.717) is 6.04 Å². The Morgan fingerprint density at radius 2 is 2.16 bits per heavy atom. The van der Waals surface area contributed by atoms with E-state index in [4.69, 9.17) is 0 Å². The summed E-state index contributed by atoms with van der Waals surface area (Å²) < 4.78 is 0. The third kappa shape index (κ3) is 1.83. The number of hydrogen-bond donors (Lipinski definition) is 0. The highest BCUT2D eigenvalue weighted by Gasteiger charge is 2.38. The number of nitrogens with zero attached hydrogens (tertiary/aromatic N) is 4. The third-order valence-corrected chi connectivity index (χ3v) is 5.40. The Hall–Kier alpha value is -1.20. The fourth-order valence-corrected chi connectivity index (χ4v) is 4.29. The maximum absolute atomic E-state index is 4.58. The summed E-state index contributed by atoms with van der Waals surface area (Å²) in [6.45, 7) is 3.55.